The molecule has 9 heteroatoms. The Labute approximate surface area is 132 Å². The van der Waals surface area contributed by atoms with Gasteiger partial charge in [-0.1, -0.05) is 12.1 Å². The molecule has 124 valence electrons. The summed E-state index contributed by atoms with van der Waals surface area (Å²) in [5.74, 6) is -2.67. The first-order valence-corrected chi connectivity index (χ1v) is 8.29. The zero-order chi connectivity index (χ0) is 17.2. The second kappa shape index (κ2) is 6.47. The number of aliphatic carboxylic acids is 1. The van der Waals surface area contributed by atoms with Gasteiger partial charge in [0.2, 0.25) is 10.0 Å². The van der Waals surface area contributed by atoms with Crippen LogP contribution in [0, 0.1) is 12.7 Å². The Morgan fingerprint density at radius 1 is 1.48 bits per heavy atom. The summed E-state index contributed by atoms with van der Waals surface area (Å²) in [6.45, 7) is 1.68. The molecule has 1 unspecified atom stereocenters. The number of nitrogens with zero attached hydrogens (tertiary/aromatic N) is 2. The lowest BCUT2D eigenvalue weighted by atomic mass is 10.2. The summed E-state index contributed by atoms with van der Waals surface area (Å²) in [5, 5.41) is 13.0. The summed E-state index contributed by atoms with van der Waals surface area (Å²) in [6.07, 6.45) is 2.65. The molecule has 1 aromatic carbocycles. The normalized spacial score (nSPS) is 13.0. The zero-order valence-corrected chi connectivity index (χ0v) is 13.3. The second-order valence-electron chi connectivity index (χ2n) is 5.19. The molecule has 0 bridgehead atoms. The number of sulfonamides is 1. The van der Waals surface area contributed by atoms with Crippen LogP contribution in [0.5, 0.6) is 0 Å². The first-order valence-electron chi connectivity index (χ1n) is 6.64. The highest BCUT2D eigenvalue weighted by atomic mass is 32.2. The van der Waals surface area contributed by atoms with Gasteiger partial charge in [-0.15, -0.1) is 0 Å². The van der Waals surface area contributed by atoms with Gasteiger partial charge in [-0.05, 0) is 18.6 Å². The number of aromatic nitrogens is 2. The van der Waals surface area contributed by atoms with Crippen LogP contribution in [-0.4, -0.2) is 29.3 Å². The molecule has 7 nitrogen and oxygen atoms in total. The van der Waals surface area contributed by atoms with Gasteiger partial charge in [-0.2, -0.15) is 9.82 Å². The predicted molar refractivity (Wildman–Crippen MR) is 80.5 cm³/mol. The third kappa shape index (κ3) is 4.36. The minimum absolute atomic E-state index is 0.0292. The van der Waals surface area contributed by atoms with E-state index in [-0.39, 0.29) is 11.1 Å². The molecular formula is C14H16FN3O4S. The Morgan fingerprint density at radius 2 is 2.17 bits per heavy atom. The van der Waals surface area contributed by atoms with Gasteiger partial charge in [0.25, 0.3) is 0 Å². The van der Waals surface area contributed by atoms with E-state index in [1.165, 1.54) is 29.2 Å². The molecule has 0 amide bonds. The Hall–Kier alpha value is -2.26. The first-order chi connectivity index (χ1) is 10.7. The fourth-order valence-corrected chi connectivity index (χ4v) is 3.37. The third-order valence-corrected chi connectivity index (χ3v) is 4.44. The number of carbonyl (C=O) groups is 1. The molecule has 23 heavy (non-hydrogen) atoms. The number of halogens is 1. The van der Waals surface area contributed by atoms with E-state index in [4.69, 9.17) is 0 Å². The maximum atomic E-state index is 13.8. The maximum Gasteiger partial charge on any atom is 0.326 e. The van der Waals surface area contributed by atoms with Crippen molar-refractivity contribution in [3.8, 4) is 0 Å². The van der Waals surface area contributed by atoms with E-state index in [0.717, 1.165) is 0 Å². The molecule has 0 radical (unpaired) electrons. The first kappa shape index (κ1) is 17.1. The summed E-state index contributed by atoms with van der Waals surface area (Å²) in [6, 6.07) is 2.69. The Bertz CT molecular complexity index is 832. The summed E-state index contributed by atoms with van der Waals surface area (Å²) in [7, 11) is -2.48. The average molecular weight is 341 g/mol. The van der Waals surface area contributed by atoms with E-state index in [9.17, 15) is 22.7 Å². The molecule has 2 N–H and O–H groups in total. The van der Waals surface area contributed by atoms with Crippen LogP contribution < -0.4 is 4.72 Å². The fourth-order valence-electron chi connectivity index (χ4n) is 2.05. The molecule has 0 fully saturated rings. The SMILES string of the molecule is Cc1ccc(CS(=O)(=O)NC(C(=O)O)c2cnn(C)c2)c(F)c1. The largest absolute Gasteiger partial charge is 0.480 e. The lowest BCUT2D eigenvalue weighted by molar-refractivity contribution is -0.139. The molecular weight excluding hydrogens is 325 g/mol. The van der Waals surface area contributed by atoms with Crippen molar-refractivity contribution >= 4 is 16.0 Å². The molecule has 0 spiro atoms. The van der Waals surface area contributed by atoms with Crippen LogP contribution in [0.1, 0.15) is 22.7 Å². The molecule has 0 aliphatic heterocycles. The van der Waals surface area contributed by atoms with E-state index in [0.29, 0.717) is 5.56 Å². The molecule has 1 aromatic heterocycles. The van der Waals surface area contributed by atoms with Crippen LogP contribution in [0.15, 0.2) is 30.6 Å². The van der Waals surface area contributed by atoms with E-state index in [1.54, 1.807) is 20.0 Å². The van der Waals surface area contributed by atoms with Crippen molar-refractivity contribution in [2.45, 2.75) is 18.7 Å². The van der Waals surface area contributed by atoms with Gasteiger partial charge in [-0.3, -0.25) is 9.48 Å². The van der Waals surface area contributed by atoms with E-state index >= 15 is 0 Å². The number of aryl methyl sites for hydroxylation is 2. The van der Waals surface area contributed by atoms with Gasteiger partial charge < -0.3 is 5.11 Å². The standard InChI is InChI=1S/C14H16FN3O4S/c1-9-3-4-10(12(15)5-9)8-23(21,22)17-13(14(19)20)11-6-16-18(2)7-11/h3-7,13,17H,8H2,1-2H3,(H,19,20). The van der Waals surface area contributed by atoms with Crippen LogP contribution >= 0.6 is 0 Å². The van der Waals surface area contributed by atoms with Crippen molar-refractivity contribution < 1.29 is 22.7 Å². The average Bonchev–Trinajstić information content (AvgIpc) is 2.85. The zero-order valence-electron chi connectivity index (χ0n) is 12.5. The van der Waals surface area contributed by atoms with Crippen LogP contribution in [0.4, 0.5) is 4.39 Å². The van der Waals surface area contributed by atoms with Gasteiger partial charge in [0.15, 0.2) is 0 Å². The summed E-state index contributed by atoms with van der Waals surface area (Å²) in [4.78, 5) is 11.3. The monoisotopic (exact) mass is 341 g/mol. The number of benzene rings is 1. The van der Waals surface area contributed by atoms with Crippen molar-refractivity contribution in [2.24, 2.45) is 7.05 Å². The van der Waals surface area contributed by atoms with Crippen molar-refractivity contribution in [3.63, 3.8) is 0 Å². The summed E-state index contributed by atoms with van der Waals surface area (Å²) >= 11 is 0. The van der Waals surface area contributed by atoms with E-state index in [1.807, 2.05) is 0 Å². The fraction of sp³-hybridized carbons (Fsp3) is 0.286. The number of carboxylic acid groups (broad SMARTS) is 1. The van der Waals surface area contributed by atoms with Crippen LogP contribution in [-0.2, 0) is 27.6 Å². The van der Waals surface area contributed by atoms with Crippen molar-refractivity contribution in [2.75, 3.05) is 0 Å². The highest BCUT2D eigenvalue weighted by Crippen LogP contribution is 2.17. The van der Waals surface area contributed by atoms with Crippen molar-refractivity contribution in [1.82, 2.24) is 14.5 Å². The predicted octanol–water partition coefficient (Wildman–Crippen LogP) is 1.11. The van der Waals surface area contributed by atoms with Gasteiger partial charge in [-0.25, -0.2) is 12.8 Å². The highest BCUT2D eigenvalue weighted by Gasteiger charge is 2.27. The quantitative estimate of drug-likeness (QED) is 0.820. The smallest absolute Gasteiger partial charge is 0.326 e. The second-order valence-corrected chi connectivity index (χ2v) is 6.94. The molecule has 0 aliphatic rings. The van der Waals surface area contributed by atoms with Gasteiger partial charge in [0, 0.05) is 24.4 Å². The molecule has 0 saturated heterocycles. The van der Waals surface area contributed by atoms with Crippen LogP contribution in [0.25, 0.3) is 0 Å². The Morgan fingerprint density at radius 3 is 2.70 bits per heavy atom. The number of carboxylic acids is 1. The van der Waals surface area contributed by atoms with E-state index < -0.39 is 33.6 Å². The Balaban J connectivity index is 2.23. The van der Waals surface area contributed by atoms with Crippen LogP contribution in [0.2, 0.25) is 0 Å². The lowest BCUT2D eigenvalue weighted by Gasteiger charge is -2.13. The van der Waals surface area contributed by atoms with Crippen molar-refractivity contribution in [3.05, 3.63) is 53.1 Å². The number of hydrogen-bond donors (Lipinski definition) is 2. The molecule has 1 atom stereocenters. The molecule has 0 saturated carbocycles. The summed E-state index contributed by atoms with van der Waals surface area (Å²) < 4.78 is 41.5. The van der Waals surface area contributed by atoms with Gasteiger partial charge >= 0.3 is 5.97 Å². The number of nitrogens with one attached hydrogen (secondary N) is 1. The molecule has 2 aromatic rings. The highest BCUT2D eigenvalue weighted by molar-refractivity contribution is 7.88. The Kier molecular flexibility index (Phi) is 4.81. The van der Waals surface area contributed by atoms with E-state index in [2.05, 4.69) is 9.82 Å². The maximum absolute atomic E-state index is 13.8. The molecule has 1 heterocycles. The number of hydrogen-bond acceptors (Lipinski definition) is 4. The minimum atomic E-state index is -4.06. The van der Waals surface area contributed by atoms with Gasteiger partial charge in [0.05, 0.1) is 11.9 Å². The topological polar surface area (TPSA) is 101 Å². The van der Waals surface area contributed by atoms with Gasteiger partial charge in [0.1, 0.15) is 11.9 Å². The minimum Gasteiger partial charge on any atom is -0.480 e. The molecule has 0 aliphatic carbocycles. The summed E-state index contributed by atoms with van der Waals surface area (Å²) in [5.41, 5.74) is 0.821. The van der Waals surface area contributed by atoms with Crippen molar-refractivity contribution in [1.29, 1.82) is 0 Å². The van der Waals surface area contributed by atoms with Crippen LogP contribution in [0.3, 0.4) is 0 Å². The number of rotatable bonds is 6. The molecule has 2 rings (SSSR count). The lowest BCUT2D eigenvalue weighted by Crippen LogP contribution is -2.34. The third-order valence-electron chi connectivity index (χ3n) is 3.16.